The van der Waals surface area contributed by atoms with Crippen LogP contribution in [0.15, 0.2) is 72.8 Å². The zero-order chi connectivity index (χ0) is 23.9. The molecule has 0 radical (unpaired) electrons. The molecule has 0 spiro atoms. The minimum Gasteiger partial charge on any atom is -0.490 e. The number of carbonyl (C=O) groups excluding carboxylic acids is 1. The second-order valence-electron chi connectivity index (χ2n) is 8.34. The fourth-order valence-electron chi connectivity index (χ4n) is 4.76. The van der Waals surface area contributed by atoms with Gasteiger partial charge in [-0.2, -0.15) is 0 Å². The van der Waals surface area contributed by atoms with Crippen LogP contribution in [0.2, 0.25) is 5.02 Å². The first-order valence-electron chi connectivity index (χ1n) is 11.1. The summed E-state index contributed by atoms with van der Waals surface area (Å²) >= 11 is 11.8. The van der Waals surface area contributed by atoms with Crippen molar-refractivity contribution in [3.63, 3.8) is 0 Å². The molecule has 8 heteroatoms. The van der Waals surface area contributed by atoms with Crippen LogP contribution in [-0.2, 0) is 4.79 Å². The van der Waals surface area contributed by atoms with Crippen LogP contribution in [0.5, 0.6) is 11.5 Å². The zero-order valence-corrected chi connectivity index (χ0v) is 20.3. The fourth-order valence-corrected chi connectivity index (χ4v) is 5.30. The molecule has 2 aliphatic heterocycles. The van der Waals surface area contributed by atoms with E-state index in [9.17, 15) is 4.79 Å². The van der Waals surface area contributed by atoms with Gasteiger partial charge in [-0.1, -0.05) is 41.9 Å². The van der Waals surface area contributed by atoms with Gasteiger partial charge in [0.1, 0.15) is 5.92 Å². The van der Waals surface area contributed by atoms with Crippen molar-refractivity contribution in [1.29, 1.82) is 0 Å². The smallest absolute Gasteiger partial charge is 0.236 e. The van der Waals surface area contributed by atoms with Crippen molar-refractivity contribution >= 4 is 46.2 Å². The Morgan fingerprint density at radius 1 is 1.15 bits per heavy atom. The van der Waals surface area contributed by atoms with Gasteiger partial charge in [0.2, 0.25) is 5.91 Å². The van der Waals surface area contributed by atoms with Crippen LogP contribution in [-0.4, -0.2) is 23.4 Å². The lowest BCUT2D eigenvalue weighted by Gasteiger charge is -2.56. The minimum atomic E-state index is -1.12. The van der Waals surface area contributed by atoms with Gasteiger partial charge in [0, 0.05) is 22.0 Å². The highest BCUT2D eigenvalue weighted by atomic mass is 35.5. The van der Waals surface area contributed by atoms with E-state index in [1.165, 1.54) is 0 Å². The van der Waals surface area contributed by atoms with Crippen LogP contribution < -0.4 is 25.0 Å². The molecule has 34 heavy (non-hydrogen) atoms. The number of fused-ring (bicyclic) bond motifs is 4. The molecule has 2 aliphatic rings. The molecule has 3 atom stereocenters. The summed E-state index contributed by atoms with van der Waals surface area (Å²) in [4.78, 5) is 15.7. The Kier molecular flexibility index (Phi) is 5.83. The van der Waals surface area contributed by atoms with Gasteiger partial charge in [-0.3, -0.25) is 9.69 Å². The average Bonchev–Trinajstić information content (AvgIpc) is 2.81. The topological polar surface area (TPSA) is 62.8 Å². The maximum Gasteiger partial charge on any atom is 0.236 e. The summed E-state index contributed by atoms with van der Waals surface area (Å²) in [5.74, 6) is 0.413. The average molecular weight is 494 g/mol. The van der Waals surface area contributed by atoms with Crippen LogP contribution in [0.1, 0.15) is 25.5 Å². The Morgan fingerprint density at radius 2 is 1.88 bits per heavy atom. The fraction of sp³-hybridized carbons (Fsp3) is 0.231. The van der Waals surface area contributed by atoms with E-state index < -0.39 is 17.7 Å². The molecule has 0 aromatic heterocycles. The summed E-state index contributed by atoms with van der Waals surface area (Å²) in [7, 11) is 0. The van der Waals surface area contributed by atoms with Crippen LogP contribution in [0.25, 0.3) is 0 Å². The predicted molar refractivity (Wildman–Crippen MR) is 138 cm³/mol. The number of hydrogen-bond acceptors (Lipinski definition) is 4. The number of nitrogens with one attached hydrogen (secondary N) is 2. The molecule has 0 aliphatic carbocycles. The number of thiocarbonyl (C=S) groups is 1. The maximum absolute atomic E-state index is 13.8. The van der Waals surface area contributed by atoms with Crippen molar-refractivity contribution in [2.75, 3.05) is 16.8 Å². The summed E-state index contributed by atoms with van der Waals surface area (Å²) in [5.41, 5.74) is 1.18. The molecule has 1 fully saturated rings. The zero-order valence-electron chi connectivity index (χ0n) is 18.7. The van der Waals surface area contributed by atoms with E-state index in [2.05, 4.69) is 10.6 Å². The van der Waals surface area contributed by atoms with Crippen molar-refractivity contribution in [1.82, 2.24) is 5.32 Å². The van der Waals surface area contributed by atoms with Crippen LogP contribution in [0.3, 0.4) is 0 Å². The highest BCUT2D eigenvalue weighted by Gasteiger charge is 2.59. The lowest BCUT2D eigenvalue weighted by atomic mass is 9.78. The van der Waals surface area contributed by atoms with Crippen molar-refractivity contribution in [2.45, 2.75) is 25.6 Å². The van der Waals surface area contributed by atoms with Gasteiger partial charge in [0.15, 0.2) is 22.3 Å². The molecule has 2 N–H and O–H groups in total. The second-order valence-corrected chi connectivity index (χ2v) is 9.16. The van der Waals surface area contributed by atoms with Crippen LogP contribution >= 0.6 is 23.8 Å². The summed E-state index contributed by atoms with van der Waals surface area (Å²) in [6.45, 7) is 4.32. The Morgan fingerprint density at radius 3 is 2.59 bits per heavy atom. The number of amides is 1. The highest BCUT2D eigenvalue weighted by molar-refractivity contribution is 7.80. The molecule has 6 nitrogen and oxygen atoms in total. The number of benzene rings is 3. The molecule has 2 bridgehead atoms. The standard InChI is InChI=1S/C26H24ClN3O3S/c1-3-32-20-11-7-10-19-22-21(24(31)28-17-14-12-16(27)13-15-17)26(2,33-23(19)20)30(25(34)29-22)18-8-5-4-6-9-18/h4-15,21-22H,3H2,1-2H3,(H,28,31)(H,29,34)/t21-,22-,26-/m1/s1. The number of anilines is 2. The van der Waals surface area contributed by atoms with Gasteiger partial charge >= 0.3 is 0 Å². The third-order valence-electron chi connectivity index (χ3n) is 6.20. The van der Waals surface area contributed by atoms with Crippen LogP contribution in [0.4, 0.5) is 11.4 Å². The van der Waals surface area contributed by atoms with Crippen molar-refractivity contribution < 1.29 is 14.3 Å². The number of halogens is 1. The molecule has 2 heterocycles. The summed E-state index contributed by atoms with van der Waals surface area (Å²) in [6, 6.07) is 22.0. The van der Waals surface area contributed by atoms with E-state index in [0.29, 0.717) is 33.9 Å². The van der Waals surface area contributed by atoms with E-state index in [-0.39, 0.29) is 5.91 Å². The minimum absolute atomic E-state index is 0.196. The Hall–Kier alpha value is -3.29. The highest BCUT2D eigenvalue weighted by Crippen LogP contribution is 2.52. The van der Waals surface area contributed by atoms with E-state index >= 15 is 0 Å². The molecule has 0 saturated carbocycles. The molecule has 3 aromatic carbocycles. The second kappa shape index (κ2) is 8.81. The Labute approximate surface area is 208 Å². The number of hydrogen-bond donors (Lipinski definition) is 2. The first kappa shape index (κ1) is 22.5. The lowest BCUT2D eigenvalue weighted by Crippen LogP contribution is -2.72. The molecule has 0 unspecified atom stereocenters. The molecule has 174 valence electrons. The molecule has 1 saturated heterocycles. The molecular formula is C26H24ClN3O3S. The number of ether oxygens (including phenoxy) is 2. The molecule has 1 amide bonds. The van der Waals surface area contributed by atoms with E-state index in [4.69, 9.17) is 33.3 Å². The van der Waals surface area contributed by atoms with Crippen LogP contribution in [0, 0.1) is 5.92 Å². The Balaban J connectivity index is 1.63. The normalized spacial score (nSPS) is 22.8. The summed E-state index contributed by atoms with van der Waals surface area (Å²) in [6.07, 6.45) is 0. The van der Waals surface area contributed by atoms with Gasteiger partial charge < -0.3 is 20.1 Å². The first-order valence-corrected chi connectivity index (χ1v) is 11.9. The SMILES string of the molecule is CCOc1cccc2c1O[C@]1(C)[C@@H](C(=O)Nc3ccc(Cl)cc3)[C@@H]2NC(=S)N1c1ccccc1. The summed E-state index contributed by atoms with van der Waals surface area (Å²) < 4.78 is 12.6. The summed E-state index contributed by atoms with van der Waals surface area (Å²) in [5, 5.41) is 7.53. The van der Waals surface area contributed by atoms with Crippen molar-refractivity contribution in [3.8, 4) is 11.5 Å². The van der Waals surface area contributed by atoms with Crippen molar-refractivity contribution in [2.24, 2.45) is 5.92 Å². The van der Waals surface area contributed by atoms with Gasteiger partial charge in [0.05, 0.1) is 12.6 Å². The number of rotatable bonds is 5. The largest absolute Gasteiger partial charge is 0.490 e. The maximum atomic E-state index is 13.8. The predicted octanol–water partition coefficient (Wildman–Crippen LogP) is 5.54. The molecule has 5 rings (SSSR count). The quantitative estimate of drug-likeness (QED) is 0.455. The Bertz CT molecular complexity index is 1240. The molecular weight excluding hydrogens is 470 g/mol. The number of nitrogens with zero attached hydrogens (tertiary/aromatic N) is 1. The van der Waals surface area contributed by atoms with Gasteiger partial charge in [0.25, 0.3) is 0 Å². The third-order valence-corrected chi connectivity index (χ3v) is 6.75. The van der Waals surface area contributed by atoms with E-state index in [1.807, 2.05) is 67.3 Å². The van der Waals surface area contributed by atoms with Gasteiger partial charge in [-0.15, -0.1) is 0 Å². The lowest BCUT2D eigenvalue weighted by molar-refractivity contribution is -0.130. The number of para-hydroxylation sites is 2. The third kappa shape index (κ3) is 3.75. The molecule has 3 aromatic rings. The first-order chi connectivity index (χ1) is 16.4. The van der Waals surface area contributed by atoms with Gasteiger partial charge in [-0.05, 0) is 68.5 Å². The number of carbonyl (C=O) groups is 1. The van der Waals surface area contributed by atoms with Gasteiger partial charge in [-0.25, -0.2) is 0 Å². The van der Waals surface area contributed by atoms with Crippen molar-refractivity contribution in [3.05, 3.63) is 83.4 Å². The van der Waals surface area contributed by atoms with E-state index in [1.54, 1.807) is 24.3 Å². The van der Waals surface area contributed by atoms with E-state index in [0.717, 1.165) is 11.3 Å². The monoisotopic (exact) mass is 493 g/mol.